The van der Waals surface area contributed by atoms with Gasteiger partial charge in [0, 0.05) is 6.42 Å². The fourth-order valence-corrected chi connectivity index (χ4v) is 5.24. The zero-order valence-corrected chi connectivity index (χ0v) is 17.9. The fraction of sp³-hybridized carbons (Fsp3) is 0.600. The molecule has 27 heavy (non-hydrogen) atoms. The second-order valence-corrected chi connectivity index (χ2v) is 10.5. The first-order chi connectivity index (χ1) is 12.7. The standard InChI is InChI=1S/C13H23O2S.C7H8O3S/c1-2-3-4-5-6-13(15)11-16-9-7-12(14)8-10-16;1-6-2-4-7(5-3-6)11(8,9)10/h2-11H2,1H3;2-5H,1H3,(H,8,9,10)/q+1;/p-1. The zero-order chi connectivity index (χ0) is 20.3. The normalized spacial score (nSPS) is 15.1. The first-order valence-electron chi connectivity index (χ1n) is 9.42. The molecular weight excluding hydrogens is 384 g/mol. The maximum atomic E-state index is 11.7. The van der Waals surface area contributed by atoms with Crippen molar-refractivity contribution in [3.63, 3.8) is 0 Å². The summed E-state index contributed by atoms with van der Waals surface area (Å²) in [7, 11) is -4.04. The third-order valence-corrected chi connectivity index (χ3v) is 7.47. The highest BCUT2D eigenvalue weighted by Crippen LogP contribution is 2.13. The Balaban J connectivity index is 0.000000289. The lowest BCUT2D eigenvalue weighted by Gasteiger charge is -2.12. The minimum atomic E-state index is -4.27. The average molecular weight is 415 g/mol. The van der Waals surface area contributed by atoms with Crippen LogP contribution in [-0.2, 0) is 30.6 Å². The van der Waals surface area contributed by atoms with Crippen molar-refractivity contribution in [1.82, 2.24) is 0 Å². The van der Waals surface area contributed by atoms with Crippen molar-refractivity contribution in [1.29, 1.82) is 0 Å². The van der Waals surface area contributed by atoms with E-state index in [2.05, 4.69) is 6.92 Å². The summed E-state index contributed by atoms with van der Waals surface area (Å²) in [6.45, 7) is 4.00. The van der Waals surface area contributed by atoms with Gasteiger partial charge in [-0.1, -0.05) is 43.9 Å². The molecule has 0 bridgehead atoms. The Kier molecular flexibility index (Phi) is 10.9. The van der Waals surface area contributed by atoms with Crippen molar-refractivity contribution in [2.24, 2.45) is 0 Å². The molecule has 152 valence electrons. The molecule has 0 atom stereocenters. The van der Waals surface area contributed by atoms with E-state index in [-0.39, 0.29) is 15.8 Å². The van der Waals surface area contributed by atoms with Gasteiger partial charge >= 0.3 is 0 Å². The minimum Gasteiger partial charge on any atom is -0.744 e. The molecule has 0 N–H and O–H groups in total. The summed E-state index contributed by atoms with van der Waals surface area (Å²) < 4.78 is 31.2. The molecule has 0 unspecified atom stereocenters. The van der Waals surface area contributed by atoms with E-state index in [0.717, 1.165) is 35.7 Å². The lowest BCUT2D eigenvalue weighted by molar-refractivity contribution is -0.119. The summed E-state index contributed by atoms with van der Waals surface area (Å²) in [6.07, 6.45) is 6.90. The first-order valence-corrected chi connectivity index (χ1v) is 12.6. The van der Waals surface area contributed by atoms with Gasteiger partial charge < -0.3 is 4.55 Å². The number of Topliss-reactive ketones (excluding diaryl/α,β-unsaturated/α-hetero) is 2. The highest BCUT2D eigenvalue weighted by atomic mass is 32.2. The van der Waals surface area contributed by atoms with E-state index in [9.17, 15) is 22.6 Å². The van der Waals surface area contributed by atoms with Gasteiger partial charge in [0.05, 0.1) is 17.7 Å². The molecule has 1 saturated heterocycles. The van der Waals surface area contributed by atoms with Crippen LogP contribution in [0.4, 0.5) is 0 Å². The number of carbonyl (C=O) groups excluding carboxylic acids is 2. The molecule has 0 amide bonds. The lowest BCUT2D eigenvalue weighted by atomic mass is 10.1. The molecule has 1 aliphatic rings. The smallest absolute Gasteiger partial charge is 0.181 e. The van der Waals surface area contributed by atoms with Gasteiger partial charge in [-0.2, -0.15) is 0 Å². The molecule has 2 rings (SSSR count). The van der Waals surface area contributed by atoms with Crippen LogP contribution in [0, 0.1) is 6.92 Å². The summed E-state index contributed by atoms with van der Waals surface area (Å²) in [4.78, 5) is 22.6. The van der Waals surface area contributed by atoms with Gasteiger partial charge in [-0.3, -0.25) is 9.59 Å². The van der Waals surface area contributed by atoms with Crippen LogP contribution >= 0.6 is 0 Å². The molecule has 0 aliphatic carbocycles. The number of rotatable bonds is 8. The quantitative estimate of drug-likeness (QED) is 0.369. The van der Waals surface area contributed by atoms with Crippen LogP contribution in [-0.4, -0.2) is 41.8 Å². The van der Waals surface area contributed by atoms with Crippen LogP contribution in [0.2, 0.25) is 0 Å². The molecule has 0 radical (unpaired) electrons. The van der Waals surface area contributed by atoms with Crippen LogP contribution < -0.4 is 0 Å². The topological polar surface area (TPSA) is 91.3 Å². The van der Waals surface area contributed by atoms with Crippen LogP contribution in [0.25, 0.3) is 0 Å². The van der Waals surface area contributed by atoms with E-state index in [4.69, 9.17) is 0 Å². The van der Waals surface area contributed by atoms with Gasteiger partial charge in [0.15, 0.2) is 11.5 Å². The van der Waals surface area contributed by atoms with E-state index in [1.165, 1.54) is 31.4 Å². The molecule has 0 aromatic heterocycles. The predicted octanol–water partition coefficient (Wildman–Crippen LogP) is 3.41. The summed E-state index contributed by atoms with van der Waals surface area (Å²) in [5.41, 5.74) is 0.928. The van der Waals surface area contributed by atoms with Gasteiger partial charge in [-0.25, -0.2) is 8.42 Å². The summed E-state index contributed by atoms with van der Waals surface area (Å²) in [5.74, 6) is 3.51. The molecule has 1 aromatic rings. The monoisotopic (exact) mass is 414 g/mol. The Morgan fingerprint density at radius 2 is 1.67 bits per heavy atom. The molecule has 1 aromatic carbocycles. The lowest BCUT2D eigenvalue weighted by Crippen LogP contribution is -2.29. The van der Waals surface area contributed by atoms with Gasteiger partial charge in [0.2, 0.25) is 0 Å². The van der Waals surface area contributed by atoms with Crippen LogP contribution in [0.3, 0.4) is 0 Å². The Bertz CT molecular complexity index is 686. The summed E-state index contributed by atoms with van der Waals surface area (Å²) in [6, 6.07) is 5.78. The van der Waals surface area contributed by atoms with Crippen LogP contribution in [0.1, 0.15) is 57.4 Å². The van der Waals surface area contributed by atoms with Crippen molar-refractivity contribution in [3.8, 4) is 0 Å². The first kappa shape index (κ1) is 23.9. The third kappa shape index (κ3) is 10.7. The maximum absolute atomic E-state index is 11.7. The Hall–Kier alpha value is -1.18. The SMILES string of the molecule is CCCCCCC(=O)C[S+]1CCC(=O)CC1.Cc1ccc(S(=O)(=O)[O-])cc1. The Morgan fingerprint density at radius 3 is 2.19 bits per heavy atom. The molecule has 5 nitrogen and oxygen atoms in total. The number of benzene rings is 1. The molecule has 7 heteroatoms. The summed E-state index contributed by atoms with van der Waals surface area (Å²) in [5, 5.41) is 0. The van der Waals surface area contributed by atoms with Crippen molar-refractivity contribution in [2.45, 2.75) is 63.7 Å². The van der Waals surface area contributed by atoms with Crippen molar-refractivity contribution in [2.75, 3.05) is 17.3 Å². The van der Waals surface area contributed by atoms with Crippen LogP contribution in [0.15, 0.2) is 29.2 Å². The second-order valence-electron chi connectivity index (χ2n) is 6.82. The maximum Gasteiger partial charge on any atom is 0.181 e. The van der Waals surface area contributed by atoms with Crippen molar-refractivity contribution in [3.05, 3.63) is 29.8 Å². The number of aryl methyl sites for hydroxylation is 1. The number of hydrogen-bond donors (Lipinski definition) is 0. The molecule has 1 fully saturated rings. The van der Waals surface area contributed by atoms with E-state index in [1.807, 2.05) is 6.92 Å². The largest absolute Gasteiger partial charge is 0.744 e. The number of hydrogen-bond acceptors (Lipinski definition) is 5. The van der Waals surface area contributed by atoms with E-state index >= 15 is 0 Å². The van der Waals surface area contributed by atoms with Crippen LogP contribution in [0.5, 0.6) is 0 Å². The fourth-order valence-electron chi connectivity index (χ4n) is 2.64. The van der Waals surface area contributed by atoms with Crippen molar-refractivity contribution >= 4 is 32.6 Å². The van der Waals surface area contributed by atoms with Gasteiger partial charge in [-0.05, 0) is 36.4 Å². The van der Waals surface area contributed by atoms with Gasteiger partial charge in [0.1, 0.15) is 27.4 Å². The second kappa shape index (κ2) is 12.3. The highest BCUT2D eigenvalue weighted by Gasteiger charge is 2.28. The Labute approximate surface area is 166 Å². The molecule has 0 spiro atoms. The number of ketones is 2. The molecule has 1 aliphatic heterocycles. The predicted molar refractivity (Wildman–Crippen MR) is 109 cm³/mol. The minimum absolute atomic E-state index is 0.178. The van der Waals surface area contributed by atoms with Crippen molar-refractivity contribution < 1.29 is 22.6 Å². The zero-order valence-electron chi connectivity index (χ0n) is 16.2. The number of carbonyl (C=O) groups is 2. The molecule has 0 saturated carbocycles. The molecule has 1 heterocycles. The van der Waals surface area contributed by atoms with Gasteiger partial charge in [-0.15, -0.1) is 0 Å². The number of unbranched alkanes of at least 4 members (excludes halogenated alkanes) is 3. The van der Waals surface area contributed by atoms with E-state index in [1.54, 1.807) is 12.1 Å². The van der Waals surface area contributed by atoms with E-state index in [0.29, 0.717) is 24.4 Å². The third-order valence-electron chi connectivity index (χ3n) is 4.32. The molecular formula is C20H30O5S2. The van der Waals surface area contributed by atoms with E-state index < -0.39 is 10.1 Å². The average Bonchev–Trinajstić information content (AvgIpc) is 2.61. The summed E-state index contributed by atoms with van der Waals surface area (Å²) >= 11 is 0. The Morgan fingerprint density at radius 1 is 1.07 bits per heavy atom. The van der Waals surface area contributed by atoms with Gasteiger partial charge in [0.25, 0.3) is 0 Å². The highest BCUT2D eigenvalue weighted by molar-refractivity contribution is 7.97.